The second-order valence-electron chi connectivity index (χ2n) is 6.31. The van der Waals surface area contributed by atoms with Gasteiger partial charge in [0.05, 0.1) is 25.4 Å². The molecule has 4 nitrogen and oxygen atoms in total. The van der Waals surface area contributed by atoms with Crippen LogP contribution in [0.15, 0.2) is 48.5 Å². The molecule has 0 amide bonds. The van der Waals surface area contributed by atoms with Crippen molar-refractivity contribution in [3.05, 3.63) is 70.8 Å². The Morgan fingerprint density at radius 3 is 2.15 bits per heavy atom. The van der Waals surface area contributed by atoms with Gasteiger partial charge in [0, 0.05) is 19.6 Å². The lowest BCUT2D eigenvalue weighted by molar-refractivity contribution is 0.0342. The highest BCUT2D eigenvalue weighted by atomic mass is 16.5. The maximum atomic E-state index is 11.7. The number of rotatable bonds is 6. The monoisotopic (exact) mass is 351 g/mol. The van der Waals surface area contributed by atoms with Gasteiger partial charge in [0.25, 0.3) is 0 Å². The van der Waals surface area contributed by atoms with Crippen LogP contribution in [0.25, 0.3) is 12.2 Å². The first-order chi connectivity index (χ1) is 12.7. The van der Waals surface area contributed by atoms with Crippen LogP contribution < -0.4 is 0 Å². The minimum absolute atomic E-state index is 0.279. The zero-order chi connectivity index (χ0) is 18.2. The SMILES string of the molecule is CCOC(=O)c1ccc(/C=C/c2ccc(CN3CCOCC3)cc2)cc1. The lowest BCUT2D eigenvalue weighted by Crippen LogP contribution is -2.35. The van der Waals surface area contributed by atoms with Gasteiger partial charge in [0.1, 0.15) is 0 Å². The summed E-state index contributed by atoms with van der Waals surface area (Å²) in [5.74, 6) is -0.279. The van der Waals surface area contributed by atoms with Crippen LogP contribution >= 0.6 is 0 Å². The molecule has 1 fully saturated rings. The van der Waals surface area contributed by atoms with Crippen LogP contribution in [0, 0.1) is 0 Å². The van der Waals surface area contributed by atoms with Gasteiger partial charge < -0.3 is 9.47 Å². The van der Waals surface area contributed by atoms with E-state index < -0.39 is 0 Å². The van der Waals surface area contributed by atoms with Gasteiger partial charge in [-0.25, -0.2) is 4.79 Å². The number of carbonyl (C=O) groups excluding carboxylic acids is 1. The maximum Gasteiger partial charge on any atom is 0.338 e. The number of carbonyl (C=O) groups is 1. The van der Waals surface area contributed by atoms with E-state index in [1.807, 2.05) is 18.2 Å². The van der Waals surface area contributed by atoms with E-state index in [0.29, 0.717) is 12.2 Å². The summed E-state index contributed by atoms with van der Waals surface area (Å²) >= 11 is 0. The van der Waals surface area contributed by atoms with E-state index in [1.54, 1.807) is 19.1 Å². The highest BCUT2D eigenvalue weighted by molar-refractivity contribution is 5.89. The molecule has 0 aliphatic carbocycles. The van der Waals surface area contributed by atoms with Gasteiger partial charge in [-0.3, -0.25) is 4.90 Å². The molecule has 2 aromatic carbocycles. The smallest absolute Gasteiger partial charge is 0.338 e. The largest absolute Gasteiger partial charge is 0.462 e. The van der Waals surface area contributed by atoms with Gasteiger partial charge in [-0.15, -0.1) is 0 Å². The number of morpholine rings is 1. The molecule has 0 bridgehead atoms. The Labute approximate surface area is 155 Å². The summed E-state index contributed by atoms with van der Waals surface area (Å²) in [5, 5.41) is 0. The van der Waals surface area contributed by atoms with Crippen LogP contribution in [0.4, 0.5) is 0 Å². The number of benzene rings is 2. The predicted octanol–water partition coefficient (Wildman–Crippen LogP) is 3.87. The standard InChI is InChI=1S/C22H25NO3/c1-2-26-22(24)21-11-9-19(10-12-21)4-3-18-5-7-20(8-6-18)17-23-13-15-25-16-14-23/h3-12H,2,13-17H2,1H3/b4-3+. The summed E-state index contributed by atoms with van der Waals surface area (Å²) in [6.45, 7) is 6.84. The Morgan fingerprint density at radius 2 is 1.58 bits per heavy atom. The van der Waals surface area contributed by atoms with Gasteiger partial charge >= 0.3 is 5.97 Å². The van der Waals surface area contributed by atoms with Crippen LogP contribution in [-0.4, -0.2) is 43.8 Å². The van der Waals surface area contributed by atoms with Crippen molar-refractivity contribution >= 4 is 18.1 Å². The highest BCUT2D eigenvalue weighted by Gasteiger charge is 2.10. The normalized spacial score (nSPS) is 15.3. The predicted molar refractivity (Wildman–Crippen MR) is 104 cm³/mol. The lowest BCUT2D eigenvalue weighted by Gasteiger charge is -2.26. The molecule has 1 aliphatic heterocycles. The van der Waals surface area contributed by atoms with E-state index in [1.165, 1.54) is 5.56 Å². The third-order valence-corrected chi connectivity index (χ3v) is 4.38. The number of nitrogens with zero attached hydrogens (tertiary/aromatic N) is 1. The zero-order valence-electron chi connectivity index (χ0n) is 15.2. The van der Waals surface area contributed by atoms with Gasteiger partial charge in [-0.05, 0) is 35.7 Å². The van der Waals surface area contributed by atoms with Gasteiger partial charge in [-0.2, -0.15) is 0 Å². The van der Waals surface area contributed by atoms with Crippen LogP contribution in [0.3, 0.4) is 0 Å². The summed E-state index contributed by atoms with van der Waals surface area (Å²) < 4.78 is 10.4. The summed E-state index contributed by atoms with van der Waals surface area (Å²) in [6, 6.07) is 16.1. The maximum absolute atomic E-state index is 11.7. The first-order valence-corrected chi connectivity index (χ1v) is 9.09. The fraction of sp³-hybridized carbons (Fsp3) is 0.318. The summed E-state index contributed by atoms with van der Waals surface area (Å²) in [6.07, 6.45) is 4.13. The van der Waals surface area contributed by atoms with Crippen molar-refractivity contribution in [1.29, 1.82) is 0 Å². The first kappa shape index (κ1) is 18.4. The number of ether oxygens (including phenoxy) is 2. The molecule has 0 radical (unpaired) electrons. The summed E-state index contributed by atoms with van der Waals surface area (Å²) in [5.41, 5.74) is 4.11. The van der Waals surface area contributed by atoms with E-state index in [4.69, 9.17) is 9.47 Å². The molecule has 0 spiro atoms. The van der Waals surface area contributed by atoms with Crippen LogP contribution in [0.2, 0.25) is 0 Å². The van der Waals surface area contributed by atoms with E-state index >= 15 is 0 Å². The first-order valence-electron chi connectivity index (χ1n) is 9.09. The van der Waals surface area contributed by atoms with Crippen molar-refractivity contribution in [2.75, 3.05) is 32.9 Å². The Bertz CT molecular complexity index is 729. The van der Waals surface area contributed by atoms with Gasteiger partial charge in [0.15, 0.2) is 0 Å². The van der Waals surface area contributed by atoms with Gasteiger partial charge in [-0.1, -0.05) is 48.6 Å². The van der Waals surface area contributed by atoms with E-state index in [-0.39, 0.29) is 5.97 Å². The summed E-state index contributed by atoms with van der Waals surface area (Å²) in [4.78, 5) is 14.1. The highest BCUT2D eigenvalue weighted by Crippen LogP contribution is 2.13. The molecule has 136 valence electrons. The molecule has 1 heterocycles. The molecule has 0 saturated carbocycles. The average molecular weight is 351 g/mol. The fourth-order valence-electron chi connectivity index (χ4n) is 2.89. The molecule has 26 heavy (non-hydrogen) atoms. The van der Waals surface area contributed by atoms with Crippen LogP contribution in [0.1, 0.15) is 34.0 Å². The van der Waals surface area contributed by atoms with Crippen molar-refractivity contribution in [3.8, 4) is 0 Å². The molecule has 1 saturated heterocycles. The molecular weight excluding hydrogens is 326 g/mol. The zero-order valence-corrected chi connectivity index (χ0v) is 15.2. The minimum Gasteiger partial charge on any atom is -0.462 e. The van der Waals surface area contributed by atoms with Crippen molar-refractivity contribution in [3.63, 3.8) is 0 Å². The molecule has 0 N–H and O–H groups in total. The Kier molecular flexibility index (Phi) is 6.58. The topological polar surface area (TPSA) is 38.8 Å². The van der Waals surface area contributed by atoms with E-state index in [0.717, 1.165) is 44.0 Å². The molecule has 0 unspecified atom stereocenters. The number of hydrogen-bond acceptors (Lipinski definition) is 4. The number of esters is 1. The van der Waals surface area contributed by atoms with Crippen molar-refractivity contribution in [1.82, 2.24) is 4.90 Å². The lowest BCUT2D eigenvalue weighted by atomic mass is 10.1. The number of hydrogen-bond donors (Lipinski definition) is 0. The van der Waals surface area contributed by atoms with Crippen LogP contribution in [0.5, 0.6) is 0 Å². The van der Waals surface area contributed by atoms with E-state index in [9.17, 15) is 4.79 Å². The van der Waals surface area contributed by atoms with Crippen molar-refractivity contribution in [2.24, 2.45) is 0 Å². The third-order valence-electron chi connectivity index (χ3n) is 4.38. The Hall–Kier alpha value is -2.43. The van der Waals surface area contributed by atoms with Crippen LogP contribution in [-0.2, 0) is 16.0 Å². The molecule has 4 heteroatoms. The van der Waals surface area contributed by atoms with Gasteiger partial charge in [0.2, 0.25) is 0 Å². The second-order valence-corrected chi connectivity index (χ2v) is 6.31. The van der Waals surface area contributed by atoms with E-state index in [2.05, 4.69) is 35.2 Å². The molecule has 2 aromatic rings. The van der Waals surface area contributed by atoms with Crippen molar-refractivity contribution < 1.29 is 14.3 Å². The Morgan fingerprint density at radius 1 is 1.00 bits per heavy atom. The average Bonchev–Trinajstić information content (AvgIpc) is 2.69. The molecule has 0 atom stereocenters. The molecule has 3 rings (SSSR count). The Balaban J connectivity index is 1.57. The molecule has 0 aromatic heterocycles. The minimum atomic E-state index is -0.279. The van der Waals surface area contributed by atoms with Crippen molar-refractivity contribution in [2.45, 2.75) is 13.5 Å². The fourth-order valence-corrected chi connectivity index (χ4v) is 2.89. The quantitative estimate of drug-likeness (QED) is 0.585. The molecular formula is C22H25NO3. The second kappa shape index (κ2) is 9.32. The molecule has 1 aliphatic rings. The third kappa shape index (κ3) is 5.28. The summed E-state index contributed by atoms with van der Waals surface area (Å²) in [7, 11) is 0.